The number of hydrogen-bond donors (Lipinski definition) is 1. The summed E-state index contributed by atoms with van der Waals surface area (Å²) in [5.41, 5.74) is -2.41. The molecule has 29 heavy (non-hydrogen) atoms. The molecular weight excluding hydrogens is 422 g/mol. The fraction of sp³-hybridized carbons (Fsp3) is 0.778. The highest BCUT2D eigenvalue weighted by atomic mass is 32.1. The minimum Gasteiger partial charge on any atom is -0.391 e. The normalized spacial score (nSPS) is 21.4. The Kier molecular flexibility index (Phi) is 6.20. The van der Waals surface area contributed by atoms with Gasteiger partial charge in [0, 0.05) is 13.1 Å². The standard InChI is InChI=1S/C18H22F6N2O2S/c19-17(20,21)11-4-8-26(9-5-11)14(28)13-12(10-27)29-15(25-13)16(18(22,23)24)6-2-1-3-7-16/h11,27H,1-10H2. The number of carbonyl (C=O) groups is 1. The van der Waals surface area contributed by atoms with E-state index in [1.807, 2.05) is 0 Å². The molecular formula is C18H22F6N2O2S. The first-order chi connectivity index (χ1) is 13.5. The molecule has 1 aliphatic carbocycles. The first-order valence-electron chi connectivity index (χ1n) is 9.53. The molecule has 0 atom stereocenters. The number of halogens is 6. The minimum atomic E-state index is -4.54. The molecule has 0 bridgehead atoms. The number of rotatable bonds is 3. The summed E-state index contributed by atoms with van der Waals surface area (Å²) in [5.74, 6) is -2.21. The lowest BCUT2D eigenvalue weighted by atomic mass is 9.74. The third-order valence-electron chi connectivity index (χ3n) is 5.95. The second kappa shape index (κ2) is 8.05. The summed E-state index contributed by atoms with van der Waals surface area (Å²) < 4.78 is 80.3. The van der Waals surface area contributed by atoms with Crippen LogP contribution >= 0.6 is 11.3 Å². The van der Waals surface area contributed by atoms with E-state index >= 15 is 0 Å². The maximum absolute atomic E-state index is 13.9. The highest BCUT2D eigenvalue weighted by Gasteiger charge is 2.58. The molecule has 1 aliphatic heterocycles. The van der Waals surface area contributed by atoms with Crippen LogP contribution in [0.5, 0.6) is 0 Å². The van der Waals surface area contributed by atoms with Gasteiger partial charge in [-0.2, -0.15) is 26.3 Å². The van der Waals surface area contributed by atoms with Crippen molar-refractivity contribution in [3.63, 3.8) is 0 Å². The van der Waals surface area contributed by atoms with Crippen LogP contribution in [0.3, 0.4) is 0 Å². The van der Waals surface area contributed by atoms with Crippen molar-refractivity contribution in [2.75, 3.05) is 13.1 Å². The predicted molar refractivity (Wildman–Crippen MR) is 93.5 cm³/mol. The number of thiazole rings is 1. The monoisotopic (exact) mass is 444 g/mol. The van der Waals surface area contributed by atoms with E-state index in [0.717, 1.165) is 0 Å². The molecule has 4 nitrogen and oxygen atoms in total. The van der Waals surface area contributed by atoms with Crippen molar-refractivity contribution >= 4 is 17.2 Å². The number of nitrogens with zero attached hydrogens (tertiary/aromatic N) is 2. The third kappa shape index (κ3) is 4.26. The summed E-state index contributed by atoms with van der Waals surface area (Å²) in [7, 11) is 0. The molecule has 164 valence electrons. The number of aliphatic hydroxyl groups is 1. The predicted octanol–water partition coefficient (Wildman–Crippen LogP) is 4.81. The number of alkyl halides is 6. The Morgan fingerprint density at radius 1 is 1.10 bits per heavy atom. The van der Waals surface area contributed by atoms with E-state index in [-0.39, 0.29) is 54.4 Å². The van der Waals surface area contributed by atoms with Crippen LogP contribution in [0.25, 0.3) is 0 Å². The Bertz CT molecular complexity index is 732. The molecule has 2 fully saturated rings. The average molecular weight is 444 g/mol. The lowest BCUT2D eigenvalue weighted by molar-refractivity contribution is -0.199. The maximum Gasteiger partial charge on any atom is 0.400 e. The van der Waals surface area contributed by atoms with Crippen molar-refractivity contribution in [1.82, 2.24) is 9.88 Å². The number of amides is 1. The fourth-order valence-corrected chi connectivity index (χ4v) is 5.34. The molecule has 1 aromatic rings. The van der Waals surface area contributed by atoms with E-state index in [1.165, 1.54) is 4.90 Å². The van der Waals surface area contributed by atoms with Crippen LogP contribution in [0.1, 0.15) is 65.3 Å². The lowest BCUT2D eigenvalue weighted by Gasteiger charge is -2.37. The Morgan fingerprint density at radius 3 is 2.17 bits per heavy atom. The van der Waals surface area contributed by atoms with Gasteiger partial charge >= 0.3 is 12.4 Å². The number of piperidine rings is 1. The number of carbonyl (C=O) groups excluding carboxylic acids is 1. The largest absolute Gasteiger partial charge is 0.400 e. The van der Waals surface area contributed by atoms with Crippen LogP contribution in [0.15, 0.2) is 0 Å². The van der Waals surface area contributed by atoms with Gasteiger partial charge in [0.15, 0.2) is 0 Å². The Balaban J connectivity index is 1.86. The van der Waals surface area contributed by atoms with Gasteiger partial charge in [-0.1, -0.05) is 19.3 Å². The van der Waals surface area contributed by atoms with Crippen molar-refractivity contribution in [3.8, 4) is 0 Å². The third-order valence-corrected chi connectivity index (χ3v) is 7.19. The van der Waals surface area contributed by atoms with Gasteiger partial charge in [0.2, 0.25) is 0 Å². The summed E-state index contributed by atoms with van der Waals surface area (Å²) in [4.78, 5) is 18.0. The molecule has 0 radical (unpaired) electrons. The lowest BCUT2D eigenvalue weighted by Crippen LogP contribution is -2.44. The van der Waals surface area contributed by atoms with E-state index in [1.54, 1.807) is 0 Å². The summed E-state index contributed by atoms with van der Waals surface area (Å²) in [6, 6.07) is 0. The van der Waals surface area contributed by atoms with Crippen LogP contribution in [-0.2, 0) is 12.0 Å². The molecule has 11 heteroatoms. The van der Waals surface area contributed by atoms with E-state index in [2.05, 4.69) is 4.98 Å². The van der Waals surface area contributed by atoms with Crippen molar-refractivity contribution in [2.24, 2.45) is 5.92 Å². The van der Waals surface area contributed by atoms with Crippen LogP contribution < -0.4 is 0 Å². The summed E-state index contributed by atoms with van der Waals surface area (Å²) in [5, 5.41) is 9.35. The van der Waals surface area contributed by atoms with Crippen LogP contribution in [0, 0.1) is 5.92 Å². The molecule has 1 amide bonds. The molecule has 3 rings (SSSR count). The summed E-state index contributed by atoms with van der Waals surface area (Å²) in [6.07, 6.45) is -8.17. The smallest absolute Gasteiger partial charge is 0.391 e. The number of hydrogen-bond acceptors (Lipinski definition) is 4. The molecule has 1 N–H and O–H groups in total. The van der Waals surface area contributed by atoms with Crippen molar-refractivity contribution in [1.29, 1.82) is 0 Å². The van der Waals surface area contributed by atoms with Crippen molar-refractivity contribution in [2.45, 2.75) is 69.3 Å². The van der Waals surface area contributed by atoms with Gasteiger partial charge in [-0.15, -0.1) is 11.3 Å². The molecule has 1 aromatic heterocycles. The quantitative estimate of drug-likeness (QED) is 0.681. The van der Waals surface area contributed by atoms with Gasteiger partial charge in [-0.25, -0.2) is 4.98 Å². The highest BCUT2D eigenvalue weighted by molar-refractivity contribution is 7.12. The average Bonchev–Trinajstić information content (AvgIpc) is 3.11. The maximum atomic E-state index is 13.9. The van der Waals surface area contributed by atoms with Gasteiger partial charge in [-0.3, -0.25) is 4.79 Å². The van der Waals surface area contributed by atoms with E-state index in [4.69, 9.17) is 0 Å². The molecule has 0 spiro atoms. The Labute approximate surface area is 167 Å². The SMILES string of the molecule is O=C(c1nc(C2(C(F)(F)F)CCCCC2)sc1CO)N1CCC(C(F)(F)F)CC1. The molecule has 1 saturated heterocycles. The second-order valence-corrected chi connectivity index (χ2v) is 8.78. The zero-order valence-corrected chi connectivity index (χ0v) is 16.4. The molecule has 1 saturated carbocycles. The highest BCUT2D eigenvalue weighted by Crippen LogP contribution is 2.52. The Hall–Kier alpha value is -1.36. The second-order valence-electron chi connectivity index (χ2n) is 7.70. The summed E-state index contributed by atoms with van der Waals surface area (Å²) in [6.45, 7) is -0.942. The first kappa shape index (κ1) is 22.3. The van der Waals surface area contributed by atoms with Crippen LogP contribution in [0.2, 0.25) is 0 Å². The molecule has 2 aliphatic rings. The van der Waals surface area contributed by atoms with Crippen molar-refractivity contribution < 1.29 is 36.2 Å². The van der Waals surface area contributed by atoms with E-state index < -0.39 is 36.2 Å². The number of likely N-dealkylation sites (tertiary alicyclic amines) is 1. The first-order valence-corrected chi connectivity index (χ1v) is 10.3. The number of aromatic nitrogens is 1. The molecule has 0 aromatic carbocycles. The van der Waals surface area contributed by atoms with Gasteiger partial charge < -0.3 is 10.0 Å². The molecule has 0 unspecified atom stereocenters. The zero-order valence-electron chi connectivity index (χ0n) is 15.6. The topological polar surface area (TPSA) is 53.4 Å². The fourth-order valence-electron chi connectivity index (χ4n) is 4.16. The van der Waals surface area contributed by atoms with E-state index in [0.29, 0.717) is 30.6 Å². The van der Waals surface area contributed by atoms with Gasteiger partial charge in [0.05, 0.1) is 17.4 Å². The van der Waals surface area contributed by atoms with Crippen molar-refractivity contribution in [3.05, 3.63) is 15.6 Å². The summed E-state index contributed by atoms with van der Waals surface area (Å²) >= 11 is 0.680. The minimum absolute atomic E-state index is 0.0251. The van der Waals surface area contributed by atoms with Gasteiger partial charge in [0.25, 0.3) is 5.91 Å². The number of aliphatic hydroxyl groups excluding tert-OH is 1. The zero-order chi connectivity index (χ0) is 21.4. The van der Waals surface area contributed by atoms with Crippen LogP contribution in [-0.4, -0.2) is 46.3 Å². The Morgan fingerprint density at radius 2 is 1.69 bits per heavy atom. The van der Waals surface area contributed by atoms with E-state index in [9.17, 15) is 36.2 Å². The van der Waals surface area contributed by atoms with Gasteiger partial charge in [0.1, 0.15) is 16.1 Å². The van der Waals surface area contributed by atoms with Gasteiger partial charge in [-0.05, 0) is 25.7 Å². The van der Waals surface area contributed by atoms with Crippen LogP contribution in [0.4, 0.5) is 26.3 Å². The molecule has 2 heterocycles.